The van der Waals surface area contributed by atoms with Gasteiger partial charge in [0.15, 0.2) is 0 Å². The van der Waals surface area contributed by atoms with Gasteiger partial charge in [0.05, 0.1) is 12.8 Å². The molecule has 1 fully saturated rings. The van der Waals surface area contributed by atoms with E-state index < -0.39 is 35.8 Å². The Balaban J connectivity index is 1.34. The van der Waals surface area contributed by atoms with Gasteiger partial charge in [0, 0.05) is 23.0 Å². The van der Waals surface area contributed by atoms with Gasteiger partial charge in [-0.15, -0.1) is 0 Å². The van der Waals surface area contributed by atoms with E-state index in [1.165, 1.54) is 0 Å². The zero-order valence-corrected chi connectivity index (χ0v) is 22.7. The Kier molecular flexibility index (Phi) is 8.00. The van der Waals surface area contributed by atoms with Crippen molar-refractivity contribution in [2.75, 3.05) is 25.1 Å². The molecule has 0 bridgehead atoms. The summed E-state index contributed by atoms with van der Waals surface area (Å²) < 4.78 is 10.8. The summed E-state index contributed by atoms with van der Waals surface area (Å²) in [5, 5.41) is 3.65. The van der Waals surface area contributed by atoms with Crippen LogP contribution < -0.4 is 15.0 Å². The molecule has 1 saturated heterocycles. The van der Waals surface area contributed by atoms with Crippen LogP contribution in [0.15, 0.2) is 85.1 Å². The average molecular weight is 555 g/mol. The molecule has 10 nitrogen and oxygen atoms in total. The van der Waals surface area contributed by atoms with Crippen LogP contribution in [-0.2, 0) is 25.7 Å². The van der Waals surface area contributed by atoms with E-state index in [0.717, 1.165) is 31.8 Å². The second-order valence-corrected chi connectivity index (χ2v) is 9.78. The lowest BCUT2D eigenvalue weighted by Crippen LogP contribution is -2.59. The number of aromatic amines is 1. The maximum absolute atomic E-state index is 13.5. The Morgan fingerprint density at radius 1 is 0.927 bits per heavy atom. The topological polar surface area (TPSA) is 121 Å². The molecular weight excluding hydrogens is 524 g/mol. The van der Waals surface area contributed by atoms with Gasteiger partial charge in [0.2, 0.25) is 0 Å². The van der Waals surface area contributed by atoms with Gasteiger partial charge < -0.3 is 24.7 Å². The molecule has 4 aromatic rings. The van der Waals surface area contributed by atoms with Crippen LogP contribution in [0.25, 0.3) is 10.9 Å². The van der Waals surface area contributed by atoms with Crippen LogP contribution in [0.2, 0.25) is 0 Å². The molecule has 2 N–H and O–H groups in total. The van der Waals surface area contributed by atoms with E-state index in [9.17, 15) is 19.2 Å². The summed E-state index contributed by atoms with van der Waals surface area (Å²) in [6.07, 6.45) is 1.80. The Bertz CT molecular complexity index is 1550. The van der Waals surface area contributed by atoms with Gasteiger partial charge in [-0.1, -0.05) is 55.5 Å². The number of nitrogens with one attached hydrogen (secondary N) is 2. The summed E-state index contributed by atoms with van der Waals surface area (Å²) in [7, 11) is 1.57. The molecule has 210 valence electrons. The number of hydrogen-bond acceptors (Lipinski definition) is 6. The van der Waals surface area contributed by atoms with E-state index in [0.29, 0.717) is 11.4 Å². The van der Waals surface area contributed by atoms with Gasteiger partial charge >= 0.3 is 12.0 Å². The summed E-state index contributed by atoms with van der Waals surface area (Å²) in [5.74, 6) is -1.55. The fourth-order valence-corrected chi connectivity index (χ4v) is 4.90. The number of piperazine rings is 1. The molecule has 1 aliphatic rings. The number of rotatable bonds is 8. The van der Waals surface area contributed by atoms with E-state index in [-0.39, 0.29) is 19.7 Å². The third kappa shape index (κ3) is 5.91. The lowest BCUT2D eigenvalue weighted by Gasteiger charge is -2.34. The number of methoxy groups -OCH3 is 1. The highest BCUT2D eigenvalue weighted by Crippen LogP contribution is 2.29. The molecule has 10 heteroatoms. The van der Waals surface area contributed by atoms with E-state index in [1.54, 1.807) is 67.9 Å². The van der Waals surface area contributed by atoms with E-state index >= 15 is 0 Å². The molecule has 3 aromatic carbocycles. The number of esters is 1. The number of aromatic nitrogens is 1. The third-order valence-electron chi connectivity index (χ3n) is 7.14. The number of nitrogens with zero attached hydrogens (tertiary/aromatic N) is 2. The van der Waals surface area contributed by atoms with Crippen molar-refractivity contribution in [1.82, 2.24) is 15.2 Å². The number of anilines is 1. The van der Waals surface area contributed by atoms with Gasteiger partial charge in [-0.3, -0.25) is 9.59 Å². The molecule has 0 saturated carbocycles. The first kappa shape index (κ1) is 27.4. The molecule has 1 aromatic heterocycles. The van der Waals surface area contributed by atoms with Crippen LogP contribution in [0.4, 0.5) is 10.5 Å². The predicted molar refractivity (Wildman–Crippen MR) is 152 cm³/mol. The molecule has 0 radical (unpaired) electrons. The van der Waals surface area contributed by atoms with Gasteiger partial charge in [-0.05, 0) is 41.5 Å². The number of hydrogen-bond donors (Lipinski definition) is 2. The summed E-state index contributed by atoms with van der Waals surface area (Å²) in [5.41, 5.74) is 2.89. The van der Waals surface area contributed by atoms with Crippen LogP contribution in [0, 0.1) is 0 Å². The van der Waals surface area contributed by atoms with Gasteiger partial charge in [0.25, 0.3) is 11.8 Å². The second-order valence-electron chi connectivity index (χ2n) is 9.78. The van der Waals surface area contributed by atoms with Crippen molar-refractivity contribution in [3.63, 3.8) is 0 Å². The first-order valence-corrected chi connectivity index (χ1v) is 13.2. The highest BCUT2D eigenvalue weighted by atomic mass is 16.5. The van der Waals surface area contributed by atoms with E-state index in [4.69, 9.17) is 9.47 Å². The smallest absolute Gasteiger partial charge is 0.329 e. The normalized spacial score (nSPS) is 15.0. The highest BCUT2D eigenvalue weighted by molar-refractivity contribution is 6.19. The van der Waals surface area contributed by atoms with Crippen LogP contribution >= 0.6 is 0 Å². The first-order chi connectivity index (χ1) is 19.9. The highest BCUT2D eigenvalue weighted by Gasteiger charge is 2.37. The van der Waals surface area contributed by atoms with Crippen LogP contribution in [0.5, 0.6) is 5.75 Å². The summed E-state index contributed by atoms with van der Waals surface area (Å²) >= 11 is 0. The first-order valence-electron chi connectivity index (χ1n) is 13.2. The number of amides is 4. The average Bonchev–Trinajstić information content (AvgIpc) is 3.43. The fraction of sp³-hybridized carbons (Fsp3) is 0.226. The number of carbonyl (C=O) groups is 4. The zero-order chi connectivity index (χ0) is 28.9. The quantitative estimate of drug-likeness (QED) is 0.251. The standard InChI is InChI=1S/C31H30N4O6/c1-20(25-16-32-26-11-7-6-10-24(25)26)29(30(38)41-19-21-12-14-23(40-2)15-13-21)33-31(39)34-17-27(36)35(28(37)18-34)22-8-4-3-5-9-22/h3-16,20,29,32H,17-19H2,1-2H3,(H,33,39)/t20-,29+/m0/s1. The lowest BCUT2D eigenvalue weighted by molar-refractivity contribution is -0.147. The maximum atomic E-state index is 13.5. The van der Waals surface area contributed by atoms with Crippen molar-refractivity contribution in [1.29, 1.82) is 0 Å². The molecule has 2 heterocycles. The molecule has 1 aliphatic heterocycles. The monoisotopic (exact) mass is 554 g/mol. The molecule has 5 rings (SSSR count). The lowest BCUT2D eigenvalue weighted by atomic mass is 9.93. The zero-order valence-electron chi connectivity index (χ0n) is 22.7. The molecule has 0 aliphatic carbocycles. The van der Waals surface area contributed by atoms with Crippen molar-refractivity contribution < 1.29 is 28.7 Å². The number of benzene rings is 3. The molecule has 0 spiro atoms. The Hall–Kier alpha value is -5.12. The minimum atomic E-state index is -1.10. The number of H-pyrrole nitrogens is 1. The number of urea groups is 1. The summed E-state index contributed by atoms with van der Waals surface area (Å²) in [4.78, 5) is 58.0. The minimum Gasteiger partial charge on any atom is -0.497 e. The van der Waals surface area contributed by atoms with Gasteiger partial charge in [-0.2, -0.15) is 0 Å². The molecule has 41 heavy (non-hydrogen) atoms. The van der Waals surface area contributed by atoms with Crippen molar-refractivity contribution in [3.8, 4) is 5.75 Å². The van der Waals surface area contributed by atoms with Crippen LogP contribution in [0.1, 0.15) is 24.0 Å². The molecule has 2 atom stereocenters. The van der Waals surface area contributed by atoms with Crippen molar-refractivity contribution in [2.24, 2.45) is 0 Å². The number of ether oxygens (including phenoxy) is 2. The van der Waals surface area contributed by atoms with Crippen LogP contribution in [-0.4, -0.2) is 59.9 Å². The van der Waals surface area contributed by atoms with E-state index in [2.05, 4.69) is 10.3 Å². The third-order valence-corrected chi connectivity index (χ3v) is 7.14. The van der Waals surface area contributed by atoms with Crippen molar-refractivity contribution >= 4 is 40.4 Å². The Morgan fingerprint density at radius 3 is 2.27 bits per heavy atom. The van der Waals surface area contributed by atoms with E-state index in [1.807, 2.05) is 31.2 Å². The summed E-state index contributed by atoms with van der Waals surface area (Å²) in [6, 6.07) is 21.5. The number of para-hydroxylation sites is 2. The summed E-state index contributed by atoms with van der Waals surface area (Å²) in [6.45, 7) is 1.17. The van der Waals surface area contributed by atoms with Gasteiger partial charge in [0.1, 0.15) is 31.5 Å². The van der Waals surface area contributed by atoms with Crippen molar-refractivity contribution in [2.45, 2.75) is 25.5 Å². The number of carbonyl (C=O) groups excluding carboxylic acids is 4. The fourth-order valence-electron chi connectivity index (χ4n) is 4.90. The predicted octanol–water partition coefficient (Wildman–Crippen LogP) is 3.98. The van der Waals surface area contributed by atoms with Crippen molar-refractivity contribution in [3.05, 3.63) is 96.2 Å². The SMILES string of the molecule is COc1ccc(COC(=O)[C@H](NC(=O)N2CC(=O)N(c3ccccc3)C(=O)C2)[C@@H](C)c2c[nH]c3ccccc23)cc1. The van der Waals surface area contributed by atoms with Crippen LogP contribution in [0.3, 0.4) is 0 Å². The number of fused-ring (bicyclic) bond motifs is 1. The molecule has 0 unspecified atom stereocenters. The molecular formula is C31H30N4O6. The maximum Gasteiger partial charge on any atom is 0.329 e. The van der Waals surface area contributed by atoms with Gasteiger partial charge in [-0.25, -0.2) is 14.5 Å². The number of imide groups is 1. The Labute approximate surface area is 236 Å². The Morgan fingerprint density at radius 2 is 1.59 bits per heavy atom. The molecule has 4 amide bonds. The largest absolute Gasteiger partial charge is 0.497 e. The second kappa shape index (κ2) is 12.0. The minimum absolute atomic E-state index is 0.0114.